The van der Waals surface area contributed by atoms with Crippen LogP contribution < -0.4 is 5.32 Å². The van der Waals surface area contributed by atoms with Gasteiger partial charge in [0.15, 0.2) is 0 Å². The molecule has 1 unspecified atom stereocenters. The highest BCUT2D eigenvalue weighted by Gasteiger charge is 2.12. The number of aromatic hydroxyl groups is 1. The largest absolute Gasteiger partial charge is 0.507 e. The zero-order chi connectivity index (χ0) is 13.2. The van der Waals surface area contributed by atoms with Crippen molar-refractivity contribution in [2.75, 3.05) is 17.3 Å². The normalized spacial score (nSPS) is 13.4. The molecule has 4 nitrogen and oxygen atoms in total. The van der Waals surface area contributed by atoms with Crippen molar-refractivity contribution in [1.82, 2.24) is 0 Å². The third-order valence-corrected chi connectivity index (χ3v) is 3.69. The minimum Gasteiger partial charge on any atom is -0.507 e. The molecule has 0 aromatic heterocycles. The van der Waals surface area contributed by atoms with Gasteiger partial charge < -0.3 is 10.4 Å². The van der Waals surface area contributed by atoms with Crippen LogP contribution in [0, 0.1) is 13.8 Å². The molecule has 1 rings (SSSR count). The van der Waals surface area contributed by atoms with E-state index in [1.165, 1.54) is 6.26 Å². The van der Waals surface area contributed by atoms with Crippen LogP contribution in [0.2, 0.25) is 0 Å². The molecule has 5 heteroatoms. The molecular weight excluding hydrogens is 238 g/mol. The van der Waals surface area contributed by atoms with E-state index < -0.39 is 9.84 Å². The lowest BCUT2D eigenvalue weighted by atomic mass is 10.1. The zero-order valence-corrected chi connectivity index (χ0v) is 11.4. The van der Waals surface area contributed by atoms with Gasteiger partial charge in [0.1, 0.15) is 15.6 Å². The van der Waals surface area contributed by atoms with Crippen molar-refractivity contribution in [3.05, 3.63) is 23.3 Å². The second-order valence-corrected chi connectivity index (χ2v) is 6.73. The van der Waals surface area contributed by atoms with E-state index >= 15 is 0 Å². The maximum absolute atomic E-state index is 11.1. The van der Waals surface area contributed by atoms with E-state index in [0.717, 1.165) is 16.8 Å². The third kappa shape index (κ3) is 3.93. The Kier molecular flexibility index (Phi) is 4.03. The molecule has 0 amide bonds. The van der Waals surface area contributed by atoms with Crippen LogP contribution in [0.1, 0.15) is 18.1 Å². The number of sulfone groups is 1. The summed E-state index contributed by atoms with van der Waals surface area (Å²) in [4.78, 5) is 0. The average molecular weight is 257 g/mol. The van der Waals surface area contributed by atoms with Crippen LogP contribution >= 0.6 is 0 Å². The quantitative estimate of drug-likeness (QED) is 0.864. The molecule has 96 valence electrons. The first kappa shape index (κ1) is 13.8. The molecule has 0 spiro atoms. The van der Waals surface area contributed by atoms with Crippen LogP contribution in [0.15, 0.2) is 12.1 Å². The van der Waals surface area contributed by atoms with E-state index in [1.54, 1.807) is 19.9 Å². The highest BCUT2D eigenvalue weighted by molar-refractivity contribution is 7.90. The van der Waals surface area contributed by atoms with Crippen molar-refractivity contribution in [3.63, 3.8) is 0 Å². The highest BCUT2D eigenvalue weighted by atomic mass is 32.2. The van der Waals surface area contributed by atoms with Gasteiger partial charge in [0.05, 0.1) is 5.75 Å². The topological polar surface area (TPSA) is 66.4 Å². The molecule has 1 aromatic rings. The molecule has 0 aliphatic heterocycles. The fourth-order valence-corrected chi connectivity index (χ4v) is 2.74. The lowest BCUT2D eigenvalue weighted by molar-refractivity contribution is 0.467. The Labute approximate surface area is 103 Å². The molecule has 0 saturated carbocycles. The first-order valence-electron chi connectivity index (χ1n) is 5.44. The van der Waals surface area contributed by atoms with E-state index in [-0.39, 0.29) is 17.5 Å². The summed E-state index contributed by atoms with van der Waals surface area (Å²) in [5.41, 5.74) is 2.32. The van der Waals surface area contributed by atoms with Gasteiger partial charge in [-0.25, -0.2) is 8.42 Å². The van der Waals surface area contributed by atoms with Gasteiger partial charge in [-0.2, -0.15) is 0 Å². The Morgan fingerprint density at radius 1 is 1.35 bits per heavy atom. The van der Waals surface area contributed by atoms with Gasteiger partial charge in [-0.3, -0.25) is 0 Å². The van der Waals surface area contributed by atoms with Crippen molar-refractivity contribution >= 4 is 15.5 Å². The number of benzene rings is 1. The van der Waals surface area contributed by atoms with Crippen LogP contribution in [0.3, 0.4) is 0 Å². The van der Waals surface area contributed by atoms with Crippen LogP contribution in [-0.2, 0) is 9.84 Å². The number of hydrogen-bond acceptors (Lipinski definition) is 4. The number of aryl methyl sites for hydroxylation is 1. The predicted molar refractivity (Wildman–Crippen MR) is 70.4 cm³/mol. The molecule has 0 fully saturated rings. The first-order valence-corrected chi connectivity index (χ1v) is 7.50. The maximum Gasteiger partial charge on any atom is 0.149 e. The summed E-state index contributed by atoms with van der Waals surface area (Å²) in [7, 11) is -3.00. The molecule has 0 heterocycles. The van der Waals surface area contributed by atoms with Gasteiger partial charge >= 0.3 is 0 Å². The molecule has 1 atom stereocenters. The number of phenolic OH excluding ortho intramolecular Hbond substituents is 1. The minimum absolute atomic E-state index is 0.0705. The molecule has 0 saturated heterocycles. The molecule has 0 aliphatic carbocycles. The monoisotopic (exact) mass is 257 g/mol. The van der Waals surface area contributed by atoms with Crippen LogP contribution in [0.5, 0.6) is 5.75 Å². The van der Waals surface area contributed by atoms with Crippen molar-refractivity contribution in [3.8, 4) is 5.75 Å². The maximum atomic E-state index is 11.1. The fourth-order valence-electron chi connectivity index (χ4n) is 1.75. The molecule has 17 heavy (non-hydrogen) atoms. The van der Waals surface area contributed by atoms with Crippen molar-refractivity contribution < 1.29 is 13.5 Å². The van der Waals surface area contributed by atoms with Crippen LogP contribution in [-0.4, -0.2) is 31.6 Å². The number of hydrogen-bond donors (Lipinski definition) is 2. The number of anilines is 1. The van der Waals surface area contributed by atoms with Gasteiger partial charge in [0, 0.05) is 23.5 Å². The van der Waals surface area contributed by atoms with Crippen molar-refractivity contribution in [2.45, 2.75) is 26.8 Å². The summed E-state index contributed by atoms with van der Waals surface area (Å²) in [6, 6.07) is 3.46. The molecular formula is C12H19NO3S. The number of nitrogens with one attached hydrogen (secondary N) is 1. The van der Waals surface area contributed by atoms with Crippen LogP contribution in [0.25, 0.3) is 0 Å². The van der Waals surface area contributed by atoms with Gasteiger partial charge in [-0.1, -0.05) is 6.07 Å². The van der Waals surface area contributed by atoms with E-state index in [1.807, 2.05) is 13.0 Å². The molecule has 0 bridgehead atoms. The summed E-state index contributed by atoms with van der Waals surface area (Å²) in [6.45, 7) is 5.43. The van der Waals surface area contributed by atoms with E-state index in [0.29, 0.717) is 0 Å². The van der Waals surface area contributed by atoms with Crippen molar-refractivity contribution in [2.24, 2.45) is 0 Å². The lowest BCUT2D eigenvalue weighted by Crippen LogP contribution is -2.25. The lowest BCUT2D eigenvalue weighted by Gasteiger charge is -2.17. The van der Waals surface area contributed by atoms with Gasteiger partial charge in [-0.05, 0) is 32.4 Å². The van der Waals surface area contributed by atoms with Crippen LogP contribution in [0.4, 0.5) is 5.69 Å². The highest BCUT2D eigenvalue weighted by Crippen LogP contribution is 2.28. The Bertz CT molecular complexity index is 509. The third-order valence-electron chi connectivity index (χ3n) is 2.59. The predicted octanol–water partition coefficient (Wildman–Crippen LogP) is 1.85. The summed E-state index contributed by atoms with van der Waals surface area (Å²) >= 11 is 0. The van der Waals surface area contributed by atoms with Gasteiger partial charge in [0.25, 0.3) is 0 Å². The smallest absolute Gasteiger partial charge is 0.149 e. The Morgan fingerprint density at radius 3 is 2.47 bits per heavy atom. The number of phenols is 1. The van der Waals surface area contributed by atoms with Crippen molar-refractivity contribution in [1.29, 1.82) is 0 Å². The molecule has 0 radical (unpaired) electrons. The summed E-state index contributed by atoms with van der Waals surface area (Å²) in [5, 5.41) is 12.9. The van der Waals surface area contributed by atoms with E-state index in [2.05, 4.69) is 5.32 Å². The fraction of sp³-hybridized carbons (Fsp3) is 0.500. The second kappa shape index (κ2) is 4.96. The first-order chi connectivity index (χ1) is 7.70. The molecule has 1 aromatic carbocycles. The average Bonchev–Trinajstić information content (AvgIpc) is 2.16. The van der Waals surface area contributed by atoms with E-state index in [9.17, 15) is 13.5 Å². The summed E-state index contributed by atoms with van der Waals surface area (Å²) in [6.07, 6.45) is 1.21. The summed E-state index contributed by atoms with van der Waals surface area (Å²) < 4.78 is 22.3. The Hall–Kier alpha value is -1.23. The minimum atomic E-state index is -3.00. The van der Waals surface area contributed by atoms with E-state index in [4.69, 9.17) is 0 Å². The standard InChI is InChI=1S/C12H19NO3S/c1-8-5-6-11(10(3)12(8)14)13-9(2)7-17(4,15)16/h5-6,9,13-14H,7H2,1-4H3. The second-order valence-electron chi connectivity index (χ2n) is 4.54. The summed E-state index contributed by atoms with van der Waals surface area (Å²) in [5.74, 6) is 0.322. The SMILES string of the molecule is Cc1ccc(NC(C)CS(C)(=O)=O)c(C)c1O. The van der Waals surface area contributed by atoms with Gasteiger partial charge in [-0.15, -0.1) is 0 Å². The zero-order valence-electron chi connectivity index (χ0n) is 10.6. The van der Waals surface area contributed by atoms with Gasteiger partial charge in [0.2, 0.25) is 0 Å². The Balaban J connectivity index is 2.86. The number of rotatable bonds is 4. The molecule has 0 aliphatic rings. The Morgan fingerprint density at radius 2 is 1.94 bits per heavy atom. The molecule has 2 N–H and O–H groups in total.